The molecule has 0 bridgehead atoms. The molecule has 0 radical (unpaired) electrons. The van der Waals surface area contributed by atoms with Gasteiger partial charge in [0, 0.05) is 0 Å². The molecule has 3 rings (SSSR count). The van der Waals surface area contributed by atoms with Crippen LogP contribution < -0.4 is 16.0 Å². The third kappa shape index (κ3) is 5.11. The molecule has 154 valence electrons. The molecule has 2 aromatic carbocycles. The lowest BCUT2D eigenvalue weighted by atomic mass is 10.0. The maximum Gasteiger partial charge on any atom is 0.416 e. The molecule has 0 spiro atoms. The lowest BCUT2D eigenvalue weighted by molar-refractivity contribution is -0.137. The molecule has 0 saturated carbocycles. The van der Waals surface area contributed by atoms with Gasteiger partial charge in [-0.25, -0.2) is 4.39 Å². The fourth-order valence-electron chi connectivity index (χ4n) is 3.10. The molecule has 3 atom stereocenters. The van der Waals surface area contributed by atoms with Gasteiger partial charge < -0.3 is 10.6 Å². The van der Waals surface area contributed by atoms with Crippen LogP contribution in [0.1, 0.15) is 42.2 Å². The van der Waals surface area contributed by atoms with Crippen LogP contribution in [0, 0.1) is 5.82 Å². The van der Waals surface area contributed by atoms with Gasteiger partial charge in [0.2, 0.25) is 11.8 Å². The van der Waals surface area contributed by atoms with Crippen molar-refractivity contribution < 1.29 is 27.2 Å². The van der Waals surface area contributed by atoms with Gasteiger partial charge in [0.1, 0.15) is 12.0 Å². The van der Waals surface area contributed by atoms with Crippen molar-refractivity contribution >= 4 is 11.8 Å². The maximum absolute atomic E-state index is 13.4. The van der Waals surface area contributed by atoms with Gasteiger partial charge in [-0.2, -0.15) is 13.2 Å². The van der Waals surface area contributed by atoms with Crippen molar-refractivity contribution in [3.8, 4) is 0 Å². The summed E-state index contributed by atoms with van der Waals surface area (Å²) in [4.78, 5) is 24.6. The minimum absolute atomic E-state index is 0.114. The number of nitrogens with one attached hydrogen (secondary N) is 3. The molecule has 1 saturated heterocycles. The summed E-state index contributed by atoms with van der Waals surface area (Å²) in [6.45, 7) is 1.63. The van der Waals surface area contributed by atoms with Crippen molar-refractivity contribution in [1.29, 1.82) is 0 Å². The molecule has 1 heterocycles. The van der Waals surface area contributed by atoms with Gasteiger partial charge in [-0.1, -0.05) is 24.3 Å². The van der Waals surface area contributed by atoms with E-state index in [4.69, 9.17) is 0 Å². The number of hydrogen-bond acceptors (Lipinski definition) is 3. The molecule has 5 nitrogen and oxygen atoms in total. The maximum atomic E-state index is 13.4. The summed E-state index contributed by atoms with van der Waals surface area (Å²) in [5.41, 5.74) is 0.184. The average molecular weight is 409 g/mol. The Hall–Kier alpha value is -2.94. The monoisotopic (exact) mass is 409 g/mol. The topological polar surface area (TPSA) is 70.2 Å². The molecule has 29 heavy (non-hydrogen) atoms. The summed E-state index contributed by atoms with van der Waals surface area (Å²) < 4.78 is 51.5. The van der Waals surface area contributed by atoms with Gasteiger partial charge >= 0.3 is 6.18 Å². The van der Waals surface area contributed by atoms with E-state index in [1.165, 1.54) is 30.3 Å². The van der Waals surface area contributed by atoms with Crippen LogP contribution in [-0.4, -0.2) is 17.9 Å². The molecule has 9 heteroatoms. The summed E-state index contributed by atoms with van der Waals surface area (Å²) in [6, 6.07) is 8.69. The van der Waals surface area contributed by atoms with Crippen molar-refractivity contribution in [1.82, 2.24) is 16.0 Å². The van der Waals surface area contributed by atoms with E-state index < -0.39 is 41.7 Å². The fraction of sp³-hybridized carbons (Fsp3) is 0.300. The second-order valence-electron chi connectivity index (χ2n) is 6.83. The van der Waals surface area contributed by atoms with E-state index in [1.54, 1.807) is 13.0 Å². The van der Waals surface area contributed by atoms with Gasteiger partial charge in [0.15, 0.2) is 0 Å². The summed E-state index contributed by atoms with van der Waals surface area (Å²) in [5.74, 6) is -1.32. The second kappa shape index (κ2) is 8.20. The Morgan fingerprint density at radius 2 is 1.86 bits per heavy atom. The van der Waals surface area contributed by atoms with E-state index in [2.05, 4.69) is 16.0 Å². The summed E-state index contributed by atoms with van der Waals surface area (Å²) >= 11 is 0. The van der Waals surface area contributed by atoms with Crippen molar-refractivity contribution in [2.75, 3.05) is 0 Å². The molecule has 0 aliphatic carbocycles. The molecule has 1 fully saturated rings. The zero-order valence-corrected chi connectivity index (χ0v) is 15.4. The standard InChI is InChI=1S/C20H19F4N3O2/c1-11(12-5-7-14(8-6-12)20(22,23)24)25-19(29)16-10-17(28)27-18(26-16)13-3-2-4-15(21)9-13/h2-9,11,16,18,26H,10H2,1H3,(H,25,29)(H,27,28)/t11-,16?,18?/m1/s1. The number of carbonyl (C=O) groups excluding carboxylic acids is 2. The molecule has 2 aromatic rings. The first-order chi connectivity index (χ1) is 13.6. The average Bonchev–Trinajstić information content (AvgIpc) is 2.67. The number of carbonyl (C=O) groups is 2. The number of halogens is 4. The van der Waals surface area contributed by atoms with Gasteiger partial charge in [0.05, 0.1) is 24.1 Å². The SMILES string of the molecule is C[C@@H](NC(=O)C1CC(=O)NC(c2cccc(F)c2)N1)c1ccc(C(F)(F)F)cc1. The third-order valence-corrected chi connectivity index (χ3v) is 4.66. The molecule has 3 N–H and O–H groups in total. The van der Waals surface area contributed by atoms with E-state index >= 15 is 0 Å². The van der Waals surface area contributed by atoms with Crippen molar-refractivity contribution in [3.05, 3.63) is 71.0 Å². The highest BCUT2D eigenvalue weighted by molar-refractivity contribution is 5.89. The van der Waals surface area contributed by atoms with E-state index in [1.807, 2.05) is 0 Å². The van der Waals surface area contributed by atoms with Crippen molar-refractivity contribution in [2.45, 2.75) is 37.8 Å². The van der Waals surface area contributed by atoms with Crippen LogP contribution in [0.3, 0.4) is 0 Å². The summed E-state index contributed by atoms with van der Waals surface area (Å²) in [5, 5.41) is 8.29. The highest BCUT2D eigenvalue weighted by Gasteiger charge is 2.33. The normalized spacial score (nSPS) is 20.7. The minimum Gasteiger partial charge on any atom is -0.348 e. The zero-order chi connectivity index (χ0) is 21.2. The minimum atomic E-state index is -4.43. The van der Waals surface area contributed by atoms with Crippen LogP contribution in [0.5, 0.6) is 0 Å². The van der Waals surface area contributed by atoms with Gasteiger partial charge in [-0.05, 0) is 42.3 Å². The quantitative estimate of drug-likeness (QED) is 0.680. The van der Waals surface area contributed by atoms with Crippen LogP contribution in [0.4, 0.5) is 17.6 Å². The Morgan fingerprint density at radius 3 is 2.48 bits per heavy atom. The molecule has 0 aromatic heterocycles. The van der Waals surface area contributed by atoms with Crippen LogP contribution in [0.15, 0.2) is 48.5 Å². The highest BCUT2D eigenvalue weighted by atomic mass is 19.4. The first-order valence-corrected chi connectivity index (χ1v) is 8.92. The van der Waals surface area contributed by atoms with E-state index in [0.717, 1.165) is 12.1 Å². The molecular weight excluding hydrogens is 390 g/mol. The lowest BCUT2D eigenvalue weighted by Gasteiger charge is -2.32. The number of benzene rings is 2. The number of alkyl halides is 3. The smallest absolute Gasteiger partial charge is 0.348 e. The van der Waals surface area contributed by atoms with Gasteiger partial charge in [0.25, 0.3) is 0 Å². The van der Waals surface area contributed by atoms with Crippen LogP contribution >= 0.6 is 0 Å². The van der Waals surface area contributed by atoms with Gasteiger partial charge in [-0.15, -0.1) is 0 Å². The third-order valence-electron chi connectivity index (χ3n) is 4.66. The van der Waals surface area contributed by atoms with Crippen molar-refractivity contribution in [2.24, 2.45) is 0 Å². The summed E-state index contributed by atoms with van der Waals surface area (Å²) in [7, 11) is 0. The highest BCUT2D eigenvalue weighted by Crippen LogP contribution is 2.30. The largest absolute Gasteiger partial charge is 0.416 e. The molecule has 2 amide bonds. The Kier molecular flexibility index (Phi) is 5.88. The molecule has 1 aliphatic heterocycles. The predicted molar refractivity (Wildman–Crippen MR) is 96.8 cm³/mol. The Labute approximate surface area is 164 Å². The molecule has 1 aliphatic rings. The molecular formula is C20H19F4N3O2. The predicted octanol–water partition coefficient (Wildman–Crippen LogP) is 3.20. The number of rotatable bonds is 4. The second-order valence-corrected chi connectivity index (χ2v) is 6.83. The molecule has 2 unspecified atom stereocenters. The lowest BCUT2D eigenvalue weighted by Crippen LogP contribution is -2.56. The summed E-state index contributed by atoms with van der Waals surface area (Å²) in [6.07, 6.45) is -5.28. The van der Waals surface area contributed by atoms with Crippen molar-refractivity contribution in [3.63, 3.8) is 0 Å². The first kappa shape index (κ1) is 20.8. The van der Waals surface area contributed by atoms with Crippen LogP contribution in [0.25, 0.3) is 0 Å². The van der Waals surface area contributed by atoms with E-state index in [0.29, 0.717) is 11.1 Å². The number of hydrogen-bond donors (Lipinski definition) is 3. The van der Waals surface area contributed by atoms with E-state index in [9.17, 15) is 27.2 Å². The van der Waals surface area contributed by atoms with E-state index in [-0.39, 0.29) is 12.3 Å². The van der Waals surface area contributed by atoms with Gasteiger partial charge in [-0.3, -0.25) is 14.9 Å². The Bertz CT molecular complexity index is 899. The van der Waals surface area contributed by atoms with Crippen LogP contribution in [-0.2, 0) is 15.8 Å². The Balaban J connectivity index is 1.67. The zero-order valence-electron chi connectivity index (χ0n) is 15.4. The Morgan fingerprint density at radius 1 is 1.17 bits per heavy atom. The number of amides is 2. The first-order valence-electron chi connectivity index (χ1n) is 8.92. The van der Waals surface area contributed by atoms with Crippen LogP contribution in [0.2, 0.25) is 0 Å². The fourth-order valence-corrected chi connectivity index (χ4v) is 3.10.